The van der Waals surface area contributed by atoms with Gasteiger partial charge < -0.3 is 15.1 Å². The van der Waals surface area contributed by atoms with Gasteiger partial charge in [0.15, 0.2) is 0 Å². The number of piperidine rings is 1. The molecular weight excluding hydrogens is 410 g/mol. The lowest BCUT2D eigenvalue weighted by Crippen LogP contribution is -2.46. The first-order chi connectivity index (χ1) is 15.8. The van der Waals surface area contributed by atoms with Gasteiger partial charge in [-0.2, -0.15) is 0 Å². The Hall–Kier alpha value is -2.56. The lowest BCUT2D eigenvalue weighted by Gasteiger charge is -2.43. The fraction of sp³-hybridized carbons (Fsp3) is 0.571. The summed E-state index contributed by atoms with van der Waals surface area (Å²) in [4.78, 5) is 31.6. The van der Waals surface area contributed by atoms with Gasteiger partial charge in [-0.15, -0.1) is 0 Å². The number of hydrogen-bond acceptors (Lipinski definition) is 4. The second kappa shape index (κ2) is 9.36. The third-order valence-corrected chi connectivity index (χ3v) is 7.49. The van der Waals surface area contributed by atoms with Crippen LogP contribution in [0.3, 0.4) is 0 Å². The Morgan fingerprint density at radius 2 is 1.70 bits per heavy atom. The summed E-state index contributed by atoms with van der Waals surface area (Å²) in [5.41, 5.74) is 4.66. The fourth-order valence-corrected chi connectivity index (χ4v) is 5.86. The minimum absolute atomic E-state index is 0.0919. The predicted octanol–water partition coefficient (Wildman–Crippen LogP) is 5.01. The number of carbonyl (C=O) groups is 2. The molecule has 0 bridgehead atoms. The Morgan fingerprint density at radius 3 is 2.30 bits per heavy atom. The Labute approximate surface area is 198 Å². The summed E-state index contributed by atoms with van der Waals surface area (Å²) >= 11 is 0. The summed E-state index contributed by atoms with van der Waals surface area (Å²) in [6.45, 7) is 14.0. The number of benzene rings is 1. The van der Waals surface area contributed by atoms with Crippen molar-refractivity contribution in [3.8, 4) is 0 Å². The molecule has 3 aliphatic rings. The maximum Gasteiger partial charge on any atom is 0.252 e. The number of allylic oxidation sites excluding steroid dienone is 3. The molecule has 1 amide bonds. The van der Waals surface area contributed by atoms with Crippen molar-refractivity contribution in [1.29, 1.82) is 0 Å². The van der Waals surface area contributed by atoms with Crippen LogP contribution in [0, 0.1) is 11.3 Å². The summed E-state index contributed by atoms with van der Waals surface area (Å²) in [6, 6.07) is 8.54. The molecule has 2 heterocycles. The number of rotatable bonds is 5. The fourth-order valence-electron chi connectivity index (χ4n) is 5.86. The third-order valence-electron chi connectivity index (χ3n) is 7.49. The maximum atomic E-state index is 13.8. The largest absolute Gasteiger partial charge is 0.372 e. The predicted molar refractivity (Wildman–Crippen MR) is 134 cm³/mol. The SMILES string of the molecule is CCN(CC)c1ccc(C2C(C(=O)N3CCCCC3)=C(C)NC3=CC(C)(C)CC(=O)C32)cc1. The topological polar surface area (TPSA) is 52.7 Å². The lowest BCUT2D eigenvalue weighted by atomic mass is 9.66. The molecule has 2 atom stereocenters. The quantitative estimate of drug-likeness (QED) is 0.687. The van der Waals surface area contributed by atoms with Gasteiger partial charge in [0.1, 0.15) is 5.78 Å². The average molecular weight is 450 g/mol. The Bertz CT molecular complexity index is 963. The van der Waals surface area contributed by atoms with Crippen molar-refractivity contribution < 1.29 is 9.59 Å². The monoisotopic (exact) mass is 449 g/mol. The molecule has 1 fully saturated rings. The highest BCUT2D eigenvalue weighted by molar-refractivity contribution is 5.99. The zero-order valence-corrected chi connectivity index (χ0v) is 20.9. The Morgan fingerprint density at radius 1 is 1.06 bits per heavy atom. The molecule has 33 heavy (non-hydrogen) atoms. The molecule has 4 rings (SSSR count). The molecule has 0 aromatic heterocycles. The van der Waals surface area contributed by atoms with Gasteiger partial charge in [-0.25, -0.2) is 0 Å². The van der Waals surface area contributed by atoms with Crippen LogP contribution in [0.1, 0.15) is 71.8 Å². The molecule has 2 unspecified atom stereocenters. The number of hydrogen-bond donors (Lipinski definition) is 1. The Balaban J connectivity index is 1.80. The number of carbonyl (C=O) groups excluding carboxylic acids is 2. The van der Waals surface area contributed by atoms with Crippen LogP contribution < -0.4 is 10.2 Å². The number of nitrogens with zero attached hydrogens (tertiary/aromatic N) is 2. The van der Waals surface area contributed by atoms with E-state index in [2.05, 4.69) is 68.3 Å². The van der Waals surface area contributed by atoms with E-state index in [9.17, 15) is 9.59 Å². The molecule has 1 saturated heterocycles. The second-order valence-corrected chi connectivity index (χ2v) is 10.5. The first-order valence-corrected chi connectivity index (χ1v) is 12.6. The minimum atomic E-state index is -0.329. The van der Waals surface area contributed by atoms with E-state index in [-0.39, 0.29) is 28.9 Å². The third kappa shape index (κ3) is 4.60. The van der Waals surface area contributed by atoms with Gasteiger partial charge in [0.05, 0.1) is 5.92 Å². The summed E-state index contributed by atoms with van der Waals surface area (Å²) in [5, 5.41) is 3.49. The van der Waals surface area contributed by atoms with E-state index < -0.39 is 0 Å². The summed E-state index contributed by atoms with van der Waals surface area (Å²) < 4.78 is 0. The van der Waals surface area contributed by atoms with E-state index in [1.807, 2.05) is 11.8 Å². The van der Waals surface area contributed by atoms with Gasteiger partial charge >= 0.3 is 0 Å². The molecule has 1 N–H and O–H groups in total. The van der Waals surface area contributed by atoms with Crippen molar-refractivity contribution in [2.75, 3.05) is 31.1 Å². The maximum absolute atomic E-state index is 13.8. The van der Waals surface area contributed by atoms with Gasteiger partial charge in [0.2, 0.25) is 0 Å². The van der Waals surface area contributed by atoms with Crippen LogP contribution in [0.25, 0.3) is 0 Å². The smallest absolute Gasteiger partial charge is 0.252 e. The van der Waals surface area contributed by atoms with Crippen LogP contribution in [-0.2, 0) is 9.59 Å². The molecule has 1 aromatic carbocycles. The molecule has 178 valence electrons. The van der Waals surface area contributed by atoms with Crippen LogP contribution in [0.4, 0.5) is 5.69 Å². The van der Waals surface area contributed by atoms with E-state index in [1.54, 1.807) is 0 Å². The van der Waals surface area contributed by atoms with Crippen LogP contribution in [0.15, 0.2) is 47.3 Å². The van der Waals surface area contributed by atoms with Crippen LogP contribution in [0.2, 0.25) is 0 Å². The van der Waals surface area contributed by atoms with E-state index in [1.165, 1.54) is 12.1 Å². The second-order valence-electron chi connectivity index (χ2n) is 10.5. The van der Waals surface area contributed by atoms with E-state index in [0.29, 0.717) is 6.42 Å². The molecular formula is C28H39N3O2. The minimum Gasteiger partial charge on any atom is -0.372 e. The summed E-state index contributed by atoms with van der Waals surface area (Å²) in [6.07, 6.45) is 6.00. The van der Waals surface area contributed by atoms with Gasteiger partial charge in [0.25, 0.3) is 5.91 Å². The lowest BCUT2D eigenvalue weighted by molar-refractivity contribution is -0.129. The van der Waals surface area contributed by atoms with Gasteiger partial charge in [-0.1, -0.05) is 32.1 Å². The van der Waals surface area contributed by atoms with Gasteiger partial charge in [-0.3, -0.25) is 9.59 Å². The molecule has 5 nitrogen and oxygen atoms in total. The van der Waals surface area contributed by atoms with E-state index in [0.717, 1.165) is 61.6 Å². The zero-order valence-electron chi connectivity index (χ0n) is 20.9. The first-order valence-electron chi connectivity index (χ1n) is 12.6. The number of anilines is 1. The van der Waals surface area contributed by atoms with Crippen molar-refractivity contribution in [3.63, 3.8) is 0 Å². The summed E-state index contributed by atoms with van der Waals surface area (Å²) in [5.74, 6) is -0.264. The number of amides is 1. The highest BCUT2D eigenvalue weighted by Crippen LogP contribution is 2.47. The standard InChI is InChI=1S/C28H39N3O2/c1-6-30(7-2)21-13-11-20(12-14-21)25-24(27(33)31-15-9-8-10-16-31)19(3)29-22-17-28(4,5)18-23(32)26(22)25/h11-14,17,25-26,29H,6-10,15-16,18H2,1-5H3. The summed E-state index contributed by atoms with van der Waals surface area (Å²) in [7, 11) is 0. The van der Waals surface area contributed by atoms with Gasteiger partial charge in [0, 0.05) is 61.2 Å². The Kier molecular flexibility index (Phi) is 6.69. The van der Waals surface area contributed by atoms with Crippen LogP contribution >= 0.6 is 0 Å². The highest BCUT2D eigenvalue weighted by Gasteiger charge is 2.46. The van der Waals surface area contributed by atoms with Crippen molar-refractivity contribution in [3.05, 3.63) is 52.9 Å². The van der Waals surface area contributed by atoms with Crippen LogP contribution in [-0.4, -0.2) is 42.8 Å². The number of likely N-dealkylation sites (tertiary alicyclic amines) is 1. The number of fused-ring (bicyclic) bond motifs is 1. The number of nitrogens with one attached hydrogen (secondary N) is 1. The average Bonchev–Trinajstić information content (AvgIpc) is 2.79. The number of Topliss-reactive ketones (excluding diaryl/α,β-unsaturated/α-hetero) is 1. The van der Waals surface area contributed by atoms with Crippen molar-refractivity contribution in [1.82, 2.24) is 10.2 Å². The molecule has 2 aliphatic heterocycles. The number of ketones is 1. The first kappa shape index (κ1) is 23.6. The van der Waals surface area contributed by atoms with Crippen molar-refractivity contribution in [2.45, 2.75) is 66.2 Å². The van der Waals surface area contributed by atoms with Crippen molar-refractivity contribution in [2.24, 2.45) is 11.3 Å². The zero-order chi connectivity index (χ0) is 23.8. The molecule has 0 spiro atoms. The highest BCUT2D eigenvalue weighted by atomic mass is 16.2. The molecule has 5 heteroatoms. The van der Waals surface area contributed by atoms with Crippen molar-refractivity contribution >= 4 is 17.4 Å². The van der Waals surface area contributed by atoms with Gasteiger partial charge in [-0.05, 0) is 63.1 Å². The molecule has 0 radical (unpaired) electrons. The molecule has 1 aromatic rings. The van der Waals surface area contributed by atoms with E-state index >= 15 is 0 Å². The molecule has 1 aliphatic carbocycles. The molecule has 0 saturated carbocycles. The van der Waals surface area contributed by atoms with E-state index in [4.69, 9.17) is 0 Å². The van der Waals surface area contributed by atoms with Crippen LogP contribution in [0.5, 0.6) is 0 Å². The normalized spacial score (nSPS) is 24.7.